The van der Waals surface area contributed by atoms with Crippen LogP contribution in [0.4, 0.5) is 0 Å². The van der Waals surface area contributed by atoms with Crippen LogP contribution in [0.2, 0.25) is 0 Å². The number of nitrogens with zero attached hydrogens (tertiary/aromatic N) is 1. The molecule has 1 unspecified atom stereocenters. The summed E-state index contributed by atoms with van der Waals surface area (Å²) in [6, 6.07) is 0.726. The molecule has 0 aromatic carbocycles. The summed E-state index contributed by atoms with van der Waals surface area (Å²) in [7, 11) is 1.35. The SMILES string of the molecule is COC(=O)C#CC1CCCN1C(C)C. The molecule has 14 heavy (non-hydrogen) atoms. The molecule has 0 aromatic rings. The highest BCUT2D eigenvalue weighted by molar-refractivity contribution is 5.88. The van der Waals surface area contributed by atoms with Crippen molar-refractivity contribution in [3.63, 3.8) is 0 Å². The van der Waals surface area contributed by atoms with Gasteiger partial charge in [0.15, 0.2) is 0 Å². The zero-order valence-electron chi connectivity index (χ0n) is 9.04. The first-order valence-electron chi connectivity index (χ1n) is 5.00. The molecule has 78 valence electrons. The normalized spacial score (nSPS) is 21.9. The maximum Gasteiger partial charge on any atom is 0.384 e. The molecule has 1 atom stereocenters. The summed E-state index contributed by atoms with van der Waals surface area (Å²) in [5.74, 6) is 5.03. The molecule has 1 heterocycles. The quantitative estimate of drug-likeness (QED) is 0.355. The summed E-state index contributed by atoms with van der Waals surface area (Å²) in [5, 5.41) is 0. The first kappa shape index (κ1) is 11.1. The van der Waals surface area contributed by atoms with Crippen molar-refractivity contribution in [2.45, 2.75) is 38.8 Å². The van der Waals surface area contributed by atoms with Crippen LogP contribution in [0.3, 0.4) is 0 Å². The lowest BCUT2D eigenvalue weighted by molar-refractivity contribution is -0.133. The molecule has 1 rings (SSSR count). The van der Waals surface area contributed by atoms with Gasteiger partial charge in [-0.05, 0) is 33.2 Å². The van der Waals surface area contributed by atoms with Gasteiger partial charge in [-0.1, -0.05) is 5.92 Å². The van der Waals surface area contributed by atoms with Crippen LogP contribution in [0.5, 0.6) is 0 Å². The Morgan fingerprint density at radius 1 is 1.57 bits per heavy atom. The largest absolute Gasteiger partial charge is 0.459 e. The van der Waals surface area contributed by atoms with Gasteiger partial charge in [0.2, 0.25) is 0 Å². The molecule has 1 fully saturated rings. The van der Waals surface area contributed by atoms with E-state index < -0.39 is 5.97 Å². The fourth-order valence-corrected chi connectivity index (χ4v) is 1.76. The van der Waals surface area contributed by atoms with Crippen LogP contribution in [0, 0.1) is 11.8 Å². The minimum absolute atomic E-state index is 0.231. The third-order valence-electron chi connectivity index (χ3n) is 2.48. The second-order valence-corrected chi connectivity index (χ2v) is 3.75. The van der Waals surface area contributed by atoms with Gasteiger partial charge in [-0.2, -0.15) is 0 Å². The van der Waals surface area contributed by atoms with E-state index in [0.29, 0.717) is 6.04 Å². The molecule has 1 aliphatic rings. The molecule has 0 saturated carbocycles. The minimum atomic E-state index is -0.444. The zero-order valence-corrected chi connectivity index (χ0v) is 9.04. The van der Waals surface area contributed by atoms with Crippen LogP contribution in [-0.2, 0) is 9.53 Å². The van der Waals surface area contributed by atoms with Crippen LogP contribution in [-0.4, -0.2) is 36.6 Å². The molecule has 0 N–H and O–H groups in total. The van der Waals surface area contributed by atoms with E-state index in [4.69, 9.17) is 0 Å². The van der Waals surface area contributed by atoms with Crippen molar-refractivity contribution >= 4 is 5.97 Å². The van der Waals surface area contributed by atoms with Crippen molar-refractivity contribution in [3.8, 4) is 11.8 Å². The van der Waals surface area contributed by atoms with Gasteiger partial charge in [0.25, 0.3) is 0 Å². The molecule has 3 heteroatoms. The number of methoxy groups -OCH3 is 1. The second-order valence-electron chi connectivity index (χ2n) is 3.75. The first-order valence-corrected chi connectivity index (χ1v) is 5.00. The van der Waals surface area contributed by atoms with Crippen LogP contribution < -0.4 is 0 Å². The van der Waals surface area contributed by atoms with Crippen LogP contribution >= 0.6 is 0 Å². The van der Waals surface area contributed by atoms with Crippen molar-refractivity contribution in [2.24, 2.45) is 0 Å². The molecule has 0 aromatic heterocycles. The lowest BCUT2D eigenvalue weighted by atomic mass is 10.2. The smallest absolute Gasteiger partial charge is 0.384 e. The Balaban J connectivity index is 2.58. The molecular weight excluding hydrogens is 178 g/mol. The molecule has 1 saturated heterocycles. The number of hydrogen-bond donors (Lipinski definition) is 0. The second kappa shape index (κ2) is 5.02. The summed E-state index contributed by atoms with van der Waals surface area (Å²) in [6.07, 6.45) is 2.22. The fourth-order valence-electron chi connectivity index (χ4n) is 1.76. The number of rotatable bonds is 1. The predicted molar refractivity (Wildman–Crippen MR) is 54.7 cm³/mol. The van der Waals surface area contributed by atoms with Gasteiger partial charge in [0.1, 0.15) is 0 Å². The van der Waals surface area contributed by atoms with E-state index in [1.807, 2.05) is 0 Å². The van der Waals surface area contributed by atoms with Gasteiger partial charge < -0.3 is 4.74 Å². The zero-order chi connectivity index (χ0) is 10.6. The summed E-state index contributed by atoms with van der Waals surface area (Å²) in [6.45, 7) is 5.38. The Morgan fingerprint density at radius 2 is 2.29 bits per heavy atom. The average molecular weight is 195 g/mol. The predicted octanol–water partition coefficient (Wildman–Crippen LogP) is 1.04. The summed E-state index contributed by atoms with van der Waals surface area (Å²) in [5.41, 5.74) is 0. The fraction of sp³-hybridized carbons (Fsp3) is 0.727. The highest BCUT2D eigenvalue weighted by Gasteiger charge is 2.24. The van der Waals surface area contributed by atoms with Crippen LogP contribution in [0.1, 0.15) is 26.7 Å². The van der Waals surface area contributed by atoms with E-state index in [1.54, 1.807) is 0 Å². The molecule has 0 bridgehead atoms. The van der Waals surface area contributed by atoms with Crippen molar-refractivity contribution in [1.29, 1.82) is 0 Å². The average Bonchev–Trinajstić information content (AvgIpc) is 2.62. The van der Waals surface area contributed by atoms with E-state index in [9.17, 15) is 4.79 Å². The van der Waals surface area contributed by atoms with Crippen molar-refractivity contribution in [2.75, 3.05) is 13.7 Å². The Morgan fingerprint density at radius 3 is 2.86 bits per heavy atom. The van der Waals surface area contributed by atoms with Gasteiger partial charge in [0, 0.05) is 12.0 Å². The van der Waals surface area contributed by atoms with E-state index in [0.717, 1.165) is 13.0 Å². The topological polar surface area (TPSA) is 29.5 Å². The first-order chi connectivity index (χ1) is 6.65. The number of esters is 1. The number of hydrogen-bond acceptors (Lipinski definition) is 3. The molecule has 0 spiro atoms. The van der Waals surface area contributed by atoms with Crippen molar-refractivity contribution in [1.82, 2.24) is 4.90 Å². The maximum absolute atomic E-state index is 10.8. The summed E-state index contributed by atoms with van der Waals surface area (Å²) >= 11 is 0. The van der Waals surface area contributed by atoms with Crippen LogP contribution in [0.15, 0.2) is 0 Å². The lowest BCUT2D eigenvalue weighted by Gasteiger charge is -2.24. The van der Waals surface area contributed by atoms with Gasteiger partial charge in [-0.3, -0.25) is 4.90 Å². The van der Waals surface area contributed by atoms with E-state index >= 15 is 0 Å². The Hall–Kier alpha value is -1.01. The van der Waals surface area contributed by atoms with E-state index in [2.05, 4.69) is 35.3 Å². The van der Waals surface area contributed by atoms with E-state index in [-0.39, 0.29) is 6.04 Å². The standard InChI is InChI=1S/C11H17NO2/c1-9(2)12-8-4-5-10(12)6-7-11(13)14-3/h9-10H,4-5,8H2,1-3H3. The molecular formula is C11H17NO2. The third kappa shape index (κ3) is 2.74. The van der Waals surface area contributed by atoms with E-state index in [1.165, 1.54) is 13.5 Å². The van der Waals surface area contributed by atoms with Gasteiger partial charge >= 0.3 is 5.97 Å². The van der Waals surface area contributed by atoms with Crippen LogP contribution in [0.25, 0.3) is 0 Å². The molecule has 0 radical (unpaired) electrons. The number of carbonyl (C=O) groups excluding carboxylic acids is 1. The highest BCUT2D eigenvalue weighted by Crippen LogP contribution is 2.18. The van der Waals surface area contributed by atoms with Crippen molar-refractivity contribution in [3.05, 3.63) is 0 Å². The molecule has 0 aliphatic carbocycles. The monoisotopic (exact) mass is 195 g/mol. The number of ether oxygens (including phenoxy) is 1. The van der Waals surface area contributed by atoms with Gasteiger partial charge in [-0.25, -0.2) is 4.79 Å². The minimum Gasteiger partial charge on any atom is -0.459 e. The highest BCUT2D eigenvalue weighted by atomic mass is 16.5. The number of likely N-dealkylation sites (tertiary alicyclic amines) is 1. The Kier molecular flexibility index (Phi) is 3.97. The Bertz CT molecular complexity index is 262. The van der Waals surface area contributed by atoms with Gasteiger partial charge in [-0.15, -0.1) is 0 Å². The van der Waals surface area contributed by atoms with Gasteiger partial charge in [0.05, 0.1) is 13.2 Å². The van der Waals surface area contributed by atoms with Crippen molar-refractivity contribution < 1.29 is 9.53 Å². The third-order valence-corrected chi connectivity index (χ3v) is 2.48. The number of carbonyl (C=O) groups is 1. The lowest BCUT2D eigenvalue weighted by Crippen LogP contribution is -2.34. The molecule has 0 amide bonds. The Labute approximate surface area is 85.4 Å². The molecule has 1 aliphatic heterocycles. The summed E-state index contributed by atoms with van der Waals surface area (Å²) < 4.78 is 4.47. The summed E-state index contributed by atoms with van der Waals surface area (Å²) in [4.78, 5) is 13.1. The maximum atomic E-state index is 10.8. The molecule has 3 nitrogen and oxygen atoms in total.